The molecule has 0 bridgehead atoms. The zero-order chi connectivity index (χ0) is 14.2. The number of hydrogen-bond donors (Lipinski definition) is 0. The molecule has 0 spiro atoms. The Bertz CT molecular complexity index is 109. The predicted octanol–water partition coefficient (Wildman–Crippen LogP) is 4.89. The van der Waals surface area contributed by atoms with Crippen LogP contribution in [0.25, 0.3) is 0 Å². The van der Waals surface area contributed by atoms with E-state index in [4.69, 9.17) is 0 Å². The zero-order valence-electron chi connectivity index (χ0n) is 14.0. The normalized spacial score (nSPS) is 19.3. The van der Waals surface area contributed by atoms with Crippen molar-refractivity contribution in [2.24, 2.45) is 0 Å². The monoisotopic (exact) mass is 274 g/mol. The van der Waals surface area contributed by atoms with E-state index in [9.17, 15) is 0 Å². The second-order valence-corrected chi connectivity index (χ2v) is 4.73. The van der Waals surface area contributed by atoms with Crippen molar-refractivity contribution >= 4 is 0 Å². The smallest absolute Gasteiger partial charge is 0.00218 e. The van der Waals surface area contributed by atoms with Gasteiger partial charge in [0.05, 0.1) is 0 Å². The van der Waals surface area contributed by atoms with E-state index in [0.717, 1.165) is 0 Å². The van der Waals surface area contributed by atoms with Gasteiger partial charge < -0.3 is 9.80 Å². The summed E-state index contributed by atoms with van der Waals surface area (Å²) in [5.74, 6) is 0. The maximum absolute atomic E-state index is 2.39. The third-order valence-electron chi connectivity index (χ3n) is 3.16. The van der Waals surface area contributed by atoms with Crippen LogP contribution in [-0.2, 0) is 0 Å². The van der Waals surface area contributed by atoms with Crippen molar-refractivity contribution in [1.29, 1.82) is 0 Å². The standard InChI is InChI=1S/2C6H13N.2C2H6.CH4/c2*1-7-5-3-2-4-6-7;2*1-2;/h2*2-6H2,1H3;2*1-2H3;1H4. The molecule has 2 aliphatic heterocycles. The first-order chi connectivity index (χ1) is 8.79. The molecule has 0 saturated carbocycles. The van der Waals surface area contributed by atoms with Crippen LogP contribution in [0.15, 0.2) is 0 Å². The second kappa shape index (κ2) is 20.2. The molecule has 2 saturated heterocycles. The number of nitrogens with zero attached hydrogens (tertiary/aromatic N) is 2. The fourth-order valence-corrected chi connectivity index (χ4v) is 2.10. The van der Waals surface area contributed by atoms with Gasteiger partial charge in [-0.2, -0.15) is 0 Å². The van der Waals surface area contributed by atoms with Crippen LogP contribution in [0.4, 0.5) is 0 Å². The van der Waals surface area contributed by atoms with Crippen LogP contribution in [0, 0.1) is 0 Å². The first kappa shape index (κ1) is 24.0. The van der Waals surface area contributed by atoms with Gasteiger partial charge in [-0.1, -0.05) is 48.0 Å². The fraction of sp³-hybridized carbons (Fsp3) is 1.00. The van der Waals surface area contributed by atoms with Crippen molar-refractivity contribution in [3.05, 3.63) is 0 Å². The molecule has 2 heteroatoms. The Balaban J connectivity index is -0.000000205. The number of hydrogen-bond acceptors (Lipinski definition) is 2. The van der Waals surface area contributed by atoms with Gasteiger partial charge in [0.1, 0.15) is 0 Å². The van der Waals surface area contributed by atoms with Gasteiger partial charge in [0, 0.05) is 0 Å². The van der Waals surface area contributed by atoms with E-state index in [1.165, 1.54) is 64.7 Å². The lowest BCUT2D eigenvalue weighted by Crippen LogP contribution is -2.24. The summed E-state index contributed by atoms with van der Waals surface area (Å²) in [5, 5.41) is 0. The maximum Gasteiger partial charge on any atom is -0.00218 e. The highest BCUT2D eigenvalue weighted by atomic mass is 15.1. The molecular weight excluding hydrogens is 232 g/mol. The molecule has 0 aromatic heterocycles. The lowest BCUT2D eigenvalue weighted by molar-refractivity contribution is 0.277. The Morgan fingerprint density at radius 3 is 0.789 bits per heavy atom. The van der Waals surface area contributed by atoms with Crippen LogP contribution in [-0.4, -0.2) is 50.1 Å². The highest BCUT2D eigenvalue weighted by molar-refractivity contribution is 4.58. The van der Waals surface area contributed by atoms with Crippen molar-refractivity contribution in [2.45, 2.75) is 73.6 Å². The quantitative estimate of drug-likeness (QED) is 0.620. The molecule has 2 nitrogen and oxygen atoms in total. The largest absolute Gasteiger partial charge is 0.306 e. The van der Waals surface area contributed by atoms with E-state index in [1.54, 1.807) is 0 Å². The predicted molar refractivity (Wildman–Crippen MR) is 92.1 cm³/mol. The number of rotatable bonds is 0. The molecule has 2 aliphatic rings. The van der Waals surface area contributed by atoms with Gasteiger partial charge in [0.2, 0.25) is 0 Å². The van der Waals surface area contributed by atoms with Crippen molar-refractivity contribution in [3.8, 4) is 0 Å². The molecule has 0 amide bonds. The average molecular weight is 275 g/mol. The van der Waals surface area contributed by atoms with E-state index >= 15 is 0 Å². The van der Waals surface area contributed by atoms with Crippen molar-refractivity contribution in [3.63, 3.8) is 0 Å². The van der Waals surface area contributed by atoms with Crippen molar-refractivity contribution in [1.82, 2.24) is 9.80 Å². The van der Waals surface area contributed by atoms with Gasteiger partial charge >= 0.3 is 0 Å². The molecule has 0 aromatic carbocycles. The summed E-state index contributed by atoms with van der Waals surface area (Å²) in [6.07, 6.45) is 8.55. The molecule has 0 N–H and O–H groups in total. The summed E-state index contributed by atoms with van der Waals surface area (Å²) in [6, 6.07) is 0. The van der Waals surface area contributed by atoms with E-state index in [1.807, 2.05) is 27.7 Å². The molecule has 2 heterocycles. The zero-order valence-corrected chi connectivity index (χ0v) is 14.0. The molecule has 0 atom stereocenters. The Morgan fingerprint density at radius 1 is 0.474 bits per heavy atom. The van der Waals surface area contributed by atoms with Crippen LogP contribution < -0.4 is 0 Å². The molecular formula is C17H42N2. The number of likely N-dealkylation sites (tertiary alicyclic amines) is 2. The Hall–Kier alpha value is -0.0800. The summed E-state index contributed by atoms with van der Waals surface area (Å²) in [6.45, 7) is 13.3. The Kier molecular flexibility index (Phi) is 25.5. The lowest BCUT2D eigenvalue weighted by atomic mass is 10.1. The molecule has 0 unspecified atom stereocenters. The van der Waals surface area contributed by atoms with Crippen LogP contribution in [0.1, 0.15) is 73.6 Å². The van der Waals surface area contributed by atoms with Gasteiger partial charge in [-0.05, 0) is 66.0 Å². The van der Waals surface area contributed by atoms with Crippen molar-refractivity contribution in [2.75, 3.05) is 40.3 Å². The Morgan fingerprint density at radius 2 is 0.684 bits per heavy atom. The fourth-order valence-electron chi connectivity index (χ4n) is 2.10. The van der Waals surface area contributed by atoms with Crippen LogP contribution in [0.3, 0.4) is 0 Å². The molecule has 2 fully saturated rings. The van der Waals surface area contributed by atoms with Crippen LogP contribution >= 0.6 is 0 Å². The SMILES string of the molecule is C.CC.CC.CN1CCCCC1.CN1CCCCC1. The van der Waals surface area contributed by atoms with Gasteiger partial charge in [-0.25, -0.2) is 0 Å². The van der Waals surface area contributed by atoms with Gasteiger partial charge in [0.25, 0.3) is 0 Å². The van der Waals surface area contributed by atoms with E-state index in [0.29, 0.717) is 0 Å². The molecule has 0 radical (unpaired) electrons. The maximum atomic E-state index is 2.39. The topological polar surface area (TPSA) is 6.48 Å². The molecule has 2 rings (SSSR count). The van der Waals surface area contributed by atoms with Gasteiger partial charge in [-0.15, -0.1) is 0 Å². The third kappa shape index (κ3) is 17.9. The molecule has 0 aliphatic carbocycles. The minimum atomic E-state index is 0. The molecule has 0 aromatic rings. The summed E-state index contributed by atoms with van der Waals surface area (Å²) in [7, 11) is 4.39. The first-order valence-electron chi connectivity index (χ1n) is 8.16. The highest BCUT2D eigenvalue weighted by Gasteiger charge is 2.02. The summed E-state index contributed by atoms with van der Waals surface area (Å²) < 4.78 is 0. The third-order valence-corrected chi connectivity index (χ3v) is 3.16. The van der Waals surface area contributed by atoms with Gasteiger partial charge in [-0.3, -0.25) is 0 Å². The minimum absolute atomic E-state index is 0. The minimum Gasteiger partial charge on any atom is -0.306 e. The van der Waals surface area contributed by atoms with E-state index in [2.05, 4.69) is 23.9 Å². The number of piperidine rings is 2. The van der Waals surface area contributed by atoms with Gasteiger partial charge in [0.15, 0.2) is 0 Å². The van der Waals surface area contributed by atoms with Crippen LogP contribution in [0.5, 0.6) is 0 Å². The first-order valence-corrected chi connectivity index (χ1v) is 8.16. The summed E-state index contributed by atoms with van der Waals surface area (Å²) >= 11 is 0. The van der Waals surface area contributed by atoms with Crippen molar-refractivity contribution < 1.29 is 0 Å². The second-order valence-electron chi connectivity index (χ2n) is 4.73. The summed E-state index contributed by atoms with van der Waals surface area (Å²) in [5.41, 5.74) is 0. The average Bonchev–Trinajstić information content (AvgIpc) is 2.46. The van der Waals surface area contributed by atoms with E-state index < -0.39 is 0 Å². The summed E-state index contributed by atoms with van der Waals surface area (Å²) in [4.78, 5) is 4.78. The molecule has 120 valence electrons. The van der Waals surface area contributed by atoms with Crippen LogP contribution in [0.2, 0.25) is 0 Å². The highest BCUT2D eigenvalue weighted by Crippen LogP contribution is 2.05. The molecule has 19 heavy (non-hydrogen) atoms. The van der Waals surface area contributed by atoms with E-state index in [-0.39, 0.29) is 7.43 Å². The Labute approximate surface area is 124 Å². The lowest BCUT2D eigenvalue weighted by Gasteiger charge is -2.20.